The molecule has 0 aliphatic carbocycles. The zero-order chi connectivity index (χ0) is 38.9. The quantitative estimate of drug-likeness (QED) is 0.168. The molecule has 6 nitrogen and oxygen atoms in total. The Hall–Kier alpha value is -7.74. The van der Waals surface area contributed by atoms with Crippen molar-refractivity contribution in [1.29, 1.82) is 0 Å². The molecule has 0 fully saturated rings. The first-order valence-corrected chi connectivity index (χ1v) is 20.4. The zero-order valence-electron chi connectivity index (χ0n) is 31.5. The fourth-order valence-electron chi connectivity index (χ4n) is 8.26. The molecule has 276 valence electrons. The molecule has 0 radical (unpaired) electrons. The van der Waals surface area contributed by atoms with E-state index in [2.05, 4.69) is 120 Å². The van der Waals surface area contributed by atoms with Crippen molar-refractivity contribution in [3.63, 3.8) is 0 Å². The van der Waals surface area contributed by atoms with Crippen LogP contribution in [0.3, 0.4) is 0 Å². The van der Waals surface area contributed by atoms with Gasteiger partial charge in [-0.2, -0.15) is 0 Å². The monoisotopic (exact) mass is 773 g/mol. The maximum absolute atomic E-state index is 6.14. The number of benzene rings is 8. The van der Waals surface area contributed by atoms with Crippen molar-refractivity contribution in [1.82, 2.24) is 24.5 Å². The predicted molar refractivity (Wildman–Crippen MR) is 242 cm³/mol. The number of imidazole rings is 1. The van der Waals surface area contributed by atoms with Gasteiger partial charge in [-0.05, 0) is 83.9 Å². The molecular weight excluding hydrogens is 743 g/mol. The van der Waals surface area contributed by atoms with Crippen LogP contribution >= 0.6 is 11.3 Å². The van der Waals surface area contributed by atoms with E-state index in [1.54, 1.807) is 0 Å². The molecule has 0 aliphatic rings. The SMILES string of the molecule is c1ccc(-c2nc(-c3cccc(-c4cccc5c4sc4ccc(-c6nc7ccccc7n6-c6ccccc6)cc45)c3)nc(-c3ccc4oc5ccccc5c4c3)n2)cc1. The topological polar surface area (TPSA) is 69.6 Å². The summed E-state index contributed by atoms with van der Waals surface area (Å²) in [5, 5.41) is 4.52. The average Bonchev–Trinajstić information content (AvgIpc) is 4.00. The van der Waals surface area contributed by atoms with E-state index >= 15 is 0 Å². The Kier molecular flexibility index (Phi) is 7.61. The molecule has 0 bridgehead atoms. The van der Waals surface area contributed by atoms with Crippen LogP contribution in [0.15, 0.2) is 192 Å². The van der Waals surface area contributed by atoms with Crippen molar-refractivity contribution in [2.45, 2.75) is 0 Å². The number of nitrogens with zero attached hydrogens (tertiary/aromatic N) is 5. The van der Waals surface area contributed by atoms with Gasteiger partial charge in [0.25, 0.3) is 0 Å². The lowest BCUT2D eigenvalue weighted by Gasteiger charge is -2.10. The summed E-state index contributed by atoms with van der Waals surface area (Å²) < 4.78 is 10.9. The van der Waals surface area contributed by atoms with E-state index in [1.807, 2.05) is 84.1 Å². The summed E-state index contributed by atoms with van der Waals surface area (Å²) in [5.41, 5.74) is 10.9. The second-order valence-electron chi connectivity index (χ2n) is 14.7. The highest BCUT2D eigenvalue weighted by atomic mass is 32.1. The van der Waals surface area contributed by atoms with Gasteiger partial charge in [0.15, 0.2) is 17.5 Å². The summed E-state index contributed by atoms with van der Waals surface area (Å²) in [6.07, 6.45) is 0. The number of aromatic nitrogens is 5. The van der Waals surface area contributed by atoms with Gasteiger partial charge < -0.3 is 4.42 Å². The van der Waals surface area contributed by atoms with Gasteiger partial charge in [0, 0.05) is 58.9 Å². The summed E-state index contributed by atoms with van der Waals surface area (Å²) >= 11 is 1.82. The highest BCUT2D eigenvalue weighted by Gasteiger charge is 2.19. The second kappa shape index (κ2) is 13.4. The third-order valence-corrected chi connectivity index (χ3v) is 12.3. The number of fused-ring (bicyclic) bond motifs is 7. The van der Waals surface area contributed by atoms with Crippen molar-refractivity contribution < 1.29 is 4.42 Å². The van der Waals surface area contributed by atoms with E-state index in [0.717, 1.165) is 72.3 Å². The van der Waals surface area contributed by atoms with E-state index in [9.17, 15) is 0 Å². The van der Waals surface area contributed by atoms with Crippen LogP contribution in [0.5, 0.6) is 0 Å². The first-order chi connectivity index (χ1) is 29.2. The minimum absolute atomic E-state index is 0.606. The number of thiophene rings is 1. The minimum Gasteiger partial charge on any atom is -0.456 e. The van der Waals surface area contributed by atoms with Gasteiger partial charge in [-0.1, -0.05) is 115 Å². The zero-order valence-corrected chi connectivity index (χ0v) is 32.3. The van der Waals surface area contributed by atoms with Crippen LogP contribution in [-0.4, -0.2) is 24.5 Å². The van der Waals surface area contributed by atoms with Gasteiger partial charge in [-0.3, -0.25) is 4.57 Å². The minimum atomic E-state index is 0.606. The Morgan fingerprint density at radius 1 is 0.407 bits per heavy atom. The van der Waals surface area contributed by atoms with Gasteiger partial charge in [0.2, 0.25) is 0 Å². The Morgan fingerprint density at radius 3 is 1.90 bits per heavy atom. The summed E-state index contributed by atoms with van der Waals surface area (Å²) in [6, 6.07) is 65.1. The van der Waals surface area contributed by atoms with Crippen LogP contribution < -0.4 is 0 Å². The molecule has 0 N–H and O–H groups in total. The molecule has 0 aliphatic heterocycles. The maximum Gasteiger partial charge on any atom is 0.164 e. The van der Waals surface area contributed by atoms with Crippen LogP contribution in [-0.2, 0) is 0 Å². The molecule has 4 heterocycles. The van der Waals surface area contributed by atoms with Crippen molar-refractivity contribution in [3.05, 3.63) is 188 Å². The van der Waals surface area contributed by atoms with Crippen LogP contribution in [0, 0.1) is 0 Å². The number of para-hydroxylation sites is 4. The smallest absolute Gasteiger partial charge is 0.164 e. The van der Waals surface area contributed by atoms with Crippen LogP contribution in [0.25, 0.3) is 116 Å². The number of rotatable bonds is 6. The second-order valence-corrected chi connectivity index (χ2v) is 15.7. The fraction of sp³-hybridized carbons (Fsp3) is 0. The first-order valence-electron chi connectivity index (χ1n) is 19.5. The molecule has 7 heteroatoms. The molecule has 0 spiro atoms. The molecule has 0 unspecified atom stereocenters. The molecule has 8 aromatic carbocycles. The largest absolute Gasteiger partial charge is 0.456 e. The Labute approximate surface area is 342 Å². The number of furan rings is 1. The first kappa shape index (κ1) is 33.4. The van der Waals surface area contributed by atoms with Gasteiger partial charge in [0.1, 0.15) is 17.0 Å². The van der Waals surface area contributed by atoms with Crippen molar-refractivity contribution in [2.75, 3.05) is 0 Å². The summed E-state index contributed by atoms with van der Waals surface area (Å²) in [7, 11) is 0. The van der Waals surface area contributed by atoms with Crippen molar-refractivity contribution in [3.8, 4) is 62.4 Å². The average molecular weight is 774 g/mol. The molecular formula is C52H31N5OS. The van der Waals surface area contributed by atoms with Crippen molar-refractivity contribution >= 4 is 64.5 Å². The molecule has 12 aromatic rings. The fourth-order valence-corrected chi connectivity index (χ4v) is 9.48. The van der Waals surface area contributed by atoms with E-state index in [4.69, 9.17) is 24.4 Å². The highest BCUT2D eigenvalue weighted by molar-refractivity contribution is 7.26. The van der Waals surface area contributed by atoms with Crippen LogP contribution in [0.2, 0.25) is 0 Å². The van der Waals surface area contributed by atoms with E-state index in [-0.39, 0.29) is 0 Å². The van der Waals surface area contributed by atoms with Crippen molar-refractivity contribution in [2.24, 2.45) is 0 Å². The lowest BCUT2D eigenvalue weighted by atomic mass is 10.00. The Morgan fingerprint density at radius 2 is 1.03 bits per heavy atom. The summed E-state index contributed by atoms with van der Waals surface area (Å²) in [5.74, 6) is 2.76. The molecule has 4 aromatic heterocycles. The van der Waals surface area contributed by atoms with E-state index in [1.165, 1.54) is 25.7 Å². The Bertz CT molecular complexity index is 3570. The molecule has 0 atom stereocenters. The number of hydrogen-bond acceptors (Lipinski definition) is 6. The summed E-state index contributed by atoms with van der Waals surface area (Å²) in [6.45, 7) is 0. The van der Waals surface area contributed by atoms with Gasteiger partial charge >= 0.3 is 0 Å². The van der Waals surface area contributed by atoms with E-state index in [0.29, 0.717) is 17.5 Å². The normalized spacial score (nSPS) is 11.7. The summed E-state index contributed by atoms with van der Waals surface area (Å²) in [4.78, 5) is 20.4. The van der Waals surface area contributed by atoms with Crippen LogP contribution in [0.4, 0.5) is 0 Å². The standard InChI is InChI=1S/C52H31N5OS/c1-3-13-32(14-4-1)49-54-50(56-51(55-49)35-25-27-46-41(30-35)39-19-7-10-24-45(39)58-46)34-16-11-15-33(29-34)38-20-12-21-40-42-31-36(26-28-47(42)59-48(38)40)52-53-43-22-8-9-23-44(43)57(52)37-17-5-2-6-18-37/h1-31H. The lowest BCUT2D eigenvalue weighted by molar-refractivity contribution is 0.669. The predicted octanol–water partition coefficient (Wildman–Crippen LogP) is 13.8. The van der Waals surface area contributed by atoms with Crippen LogP contribution in [0.1, 0.15) is 0 Å². The molecule has 0 saturated carbocycles. The van der Waals surface area contributed by atoms with Gasteiger partial charge in [-0.25, -0.2) is 19.9 Å². The molecule has 0 saturated heterocycles. The highest BCUT2D eigenvalue weighted by Crippen LogP contribution is 2.42. The molecule has 59 heavy (non-hydrogen) atoms. The molecule has 12 rings (SSSR count). The lowest BCUT2D eigenvalue weighted by Crippen LogP contribution is -2.00. The van der Waals surface area contributed by atoms with Gasteiger partial charge in [0.05, 0.1) is 11.0 Å². The van der Waals surface area contributed by atoms with E-state index < -0.39 is 0 Å². The maximum atomic E-state index is 6.14. The third kappa shape index (κ3) is 5.62. The third-order valence-electron chi connectivity index (χ3n) is 11.1. The van der Waals surface area contributed by atoms with Gasteiger partial charge in [-0.15, -0.1) is 11.3 Å². The Balaban J connectivity index is 0.977. The number of hydrogen-bond donors (Lipinski definition) is 0. The molecule has 0 amide bonds.